The summed E-state index contributed by atoms with van der Waals surface area (Å²) in [7, 11) is 0. The minimum atomic E-state index is -0.247. The van der Waals surface area contributed by atoms with Crippen molar-refractivity contribution in [2.24, 2.45) is 0 Å². The molecule has 24 heavy (non-hydrogen) atoms. The molecule has 0 aromatic heterocycles. The number of rotatable bonds is 5. The molecule has 0 N–H and O–H groups in total. The number of allylic oxidation sites excluding steroid dienone is 2. The third-order valence-corrected chi connectivity index (χ3v) is 5.08. The average molecular weight is 344 g/mol. The van der Waals surface area contributed by atoms with E-state index >= 15 is 0 Å². The molecule has 2 aromatic rings. The van der Waals surface area contributed by atoms with Crippen LogP contribution in [0.25, 0.3) is 4.91 Å². The Bertz CT molecular complexity index is 799. The van der Waals surface area contributed by atoms with E-state index in [1.165, 1.54) is 17.8 Å². The lowest BCUT2D eigenvalue weighted by molar-refractivity contribution is 0.588. The van der Waals surface area contributed by atoms with E-state index < -0.39 is 0 Å². The summed E-state index contributed by atoms with van der Waals surface area (Å²) in [5.74, 6) is -0.471. The summed E-state index contributed by atoms with van der Waals surface area (Å²) in [6.07, 6.45) is 0.517. The van der Waals surface area contributed by atoms with Crippen LogP contribution in [0, 0.1) is 18.6 Å². The smallest absolute Gasteiger partial charge is 0.140 e. The topological polar surface area (TPSA) is 0 Å². The molecule has 0 fully saturated rings. The Balaban J connectivity index is 2.46. The van der Waals surface area contributed by atoms with Gasteiger partial charge in [-0.15, -0.1) is 0 Å². The average Bonchev–Trinajstić information content (AvgIpc) is 2.50. The third-order valence-electron chi connectivity index (χ3n) is 3.71. The zero-order valence-electron chi connectivity index (χ0n) is 14.5. The molecule has 0 bridgehead atoms. The van der Waals surface area contributed by atoms with E-state index in [1.54, 1.807) is 25.1 Å². The summed E-state index contributed by atoms with van der Waals surface area (Å²) in [5, 5.41) is 0. The standard InChI is InChI=1S/C21H22F2S/c1-13(2)12-16-8-6-11-19(20(16)23)24-21(14(3)4)17-9-7-10-18(22)15(17)5/h6-11H,1,12H2,2-5H3. The largest absolute Gasteiger partial charge is 0.207 e. The van der Waals surface area contributed by atoms with E-state index in [-0.39, 0.29) is 11.6 Å². The minimum absolute atomic E-state index is 0.224. The molecule has 0 spiro atoms. The van der Waals surface area contributed by atoms with Gasteiger partial charge in [0, 0.05) is 9.80 Å². The van der Waals surface area contributed by atoms with Crippen molar-refractivity contribution >= 4 is 16.7 Å². The van der Waals surface area contributed by atoms with Gasteiger partial charge in [-0.05, 0) is 62.9 Å². The Kier molecular flexibility index (Phi) is 6.00. The molecule has 0 aliphatic rings. The highest BCUT2D eigenvalue weighted by molar-refractivity contribution is 8.08. The third kappa shape index (κ3) is 4.15. The molecule has 0 amide bonds. The van der Waals surface area contributed by atoms with Crippen molar-refractivity contribution in [3.63, 3.8) is 0 Å². The van der Waals surface area contributed by atoms with Crippen LogP contribution in [0.4, 0.5) is 8.78 Å². The fourth-order valence-electron chi connectivity index (χ4n) is 2.49. The lowest BCUT2D eigenvalue weighted by atomic mass is 10.1. The molecule has 0 nitrogen and oxygen atoms in total. The lowest BCUT2D eigenvalue weighted by Crippen LogP contribution is -1.96. The van der Waals surface area contributed by atoms with Crippen molar-refractivity contribution in [3.05, 3.63) is 82.4 Å². The molecule has 3 heteroatoms. The first-order valence-corrected chi connectivity index (χ1v) is 8.65. The van der Waals surface area contributed by atoms with Crippen molar-refractivity contribution in [2.75, 3.05) is 0 Å². The number of thioether (sulfide) groups is 1. The van der Waals surface area contributed by atoms with Gasteiger partial charge in [-0.2, -0.15) is 0 Å². The molecule has 0 aliphatic carbocycles. The molecule has 2 rings (SSSR count). The molecular weight excluding hydrogens is 322 g/mol. The predicted molar refractivity (Wildman–Crippen MR) is 100 cm³/mol. The number of hydrogen-bond acceptors (Lipinski definition) is 1. The maximum Gasteiger partial charge on any atom is 0.140 e. The van der Waals surface area contributed by atoms with Crippen LogP contribution >= 0.6 is 11.8 Å². The van der Waals surface area contributed by atoms with Gasteiger partial charge in [0.2, 0.25) is 0 Å². The van der Waals surface area contributed by atoms with Crippen LogP contribution in [0.5, 0.6) is 0 Å². The van der Waals surface area contributed by atoms with Crippen LogP contribution in [0.2, 0.25) is 0 Å². The van der Waals surface area contributed by atoms with Gasteiger partial charge in [0.25, 0.3) is 0 Å². The maximum absolute atomic E-state index is 14.8. The van der Waals surface area contributed by atoms with Crippen molar-refractivity contribution in [1.29, 1.82) is 0 Å². The molecule has 0 saturated carbocycles. The fourth-order valence-corrected chi connectivity index (χ4v) is 3.61. The second-order valence-electron chi connectivity index (χ2n) is 6.21. The van der Waals surface area contributed by atoms with Gasteiger partial charge >= 0.3 is 0 Å². The van der Waals surface area contributed by atoms with Crippen LogP contribution in [0.3, 0.4) is 0 Å². The van der Waals surface area contributed by atoms with Gasteiger partial charge < -0.3 is 0 Å². The van der Waals surface area contributed by atoms with E-state index in [0.717, 1.165) is 21.6 Å². The first-order chi connectivity index (χ1) is 11.3. The Hall–Kier alpha value is -1.87. The van der Waals surface area contributed by atoms with Gasteiger partial charge in [0.1, 0.15) is 11.6 Å². The fraction of sp³-hybridized carbons (Fsp3) is 0.238. The minimum Gasteiger partial charge on any atom is -0.207 e. The van der Waals surface area contributed by atoms with Crippen LogP contribution in [-0.4, -0.2) is 0 Å². The highest BCUT2D eigenvalue weighted by Gasteiger charge is 2.15. The monoisotopic (exact) mass is 344 g/mol. The Morgan fingerprint density at radius 2 is 1.71 bits per heavy atom. The van der Waals surface area contributed by atoms with Crippen molar-refractivity contribution < 1.29 is 8.78 Å². The highest BCUT2D eigenvalue weighted by Crippen LogP contribution is 2.40. The first kappa shape index (κ1) is 18.5. The Labute approximate surface area is 147 Å². The molecule has 0 unspecified atom stereocenters. The zero-order valence-corrected chi connectivity index (χ0v) is 15.4. The summed E-state index contributed by atoms with van der Waals surface area (Å²) < 4.78 is 28.7. The number of hydrogen-bond donors (Lipinski definition) is 0. The molecular formula is C21H22F2S. The van der Waals surface area contributed by atoms with Gasteiger partial charge in [-0.1, -0.05) is 53.8 Å². The van der Waals surface area contributed by atoms with Crippen LogP contribution in [-0.2, 0) is 6.42 Å². The van der Waals surface area contributed by atoms with Gasteiger partial charge in [-0.25, -0.2) is 8.78 Å². The summed E-state index contributed by atoms with van der Waals surface area (Å²) in [4.78, 5) is 1.44. The summed E-state index contributed by atoms with van der Waals surface area (Å²) in [6.45, 7) is 11.4. The maximum atomic E-state index is 14.8. The summed E-state index contributed by atoms with van der Waals surface area (Å²) in [6, 6.07) is 10.4. The molecule has 0 aliphatic heterocycles. The van der Waals surface area contributed by atoms with Crippen LogP contribution in [0.1, 0.15) is 37.5 Å². The Morgan fingerprint density at radius 3 is 2.33 bits per heavy atom. The molecule has 2 aromatic carbocycles. The van der Waals surface area contributed by atoms with Crippen molar-refractivity contribution in [2.45, 2.75) is 39.0 Å². The van der Waals surface area contributed by atoms with E-state index in [0.29, 0.717) is 22.4 Å². The Morgan fingerprint density at radius 1 is 1.04 bits per heavy atom. The second-order valence-corrected chi connectivity index (χ2v) is 7.26. The number of halogens is 2. The van der Waals surface area contributed by atoms with E-state index in [4.69, 9.17) is 0 Å². The molecule has 126 valence electrons. The molecule has 0 heterocycles. The number of benzene rings is 2. The van der Waals surface area contributed by atoms with E-state index in [1.807, 2.05) is 32.9 Å². The summed E-state index contributed by atoms with van der Waals surface area (Å²) in [5.41, 5.74) is 3.97. The normalized spacial score (nSPS) is 10.6. The van der Waals surface area contributed by atoms with Gasteiger partial charge in [-0.3, -0.25) is 0 Å². The molecule has 0 radical (unpaired) electrons. The SMILES string of the molecule is C=C(C)Cc1cccc(SC(=C(C)C)c2cccc(F)c2C)c1F. The van der Waals surface area contributed by atoms with Crippen LogP contribution < -0.4 is 0 Å². The van der Waals surface area contributed by atoms with Crippen LogP contribution in [0.15, 0.2) is 59.0 Å². The lowest BCUT2D eigenvalue weighted by Gasteiger charge is -2.15. The molecule has 0 saturated heterocycles. The predicted octanol–water partition coefficient (Wildman–Crippen LogP) is 6.94. The van der Waals surface area contributed by atoms with Gasteiger partial charge in [0.05, 0.1) is 0 Å². The quantitative estimate of drug-likeness (QED) is 0.418. The zero-order chi connectivity index (χ0) is 17.9. The van der Waals surface area contributed by atoms with Crippen molar-refractivity contribution in [3.8, 4) is 0 Å². The first-order valence-electron chi connectivity index (χ1n) is 7.83. The van der Waals surface area contributed by atoms with E-state index in [9.17, 15) is 8.78 Å². The molecule has 0 atom stereocenters. The van der Waals surface area contributed by atoms with Crippen molar-refractivity contribution in [1.82, 2.24) is 0 Å². The summed E-state index contributed by atoms with van der Waals surface area (Å²) >= 11 is 1.35. The highest BCUT2D eigenvalue weighted by atomic mass is 32.2. The van der Waals surface area contributed by atoms with Gasteiger partial charge in [0.15, 0.2) is 0 Å². The second kappa shape index (κ2) is 7.80. The van der Waals surface area contributed by atoms with E-state index in [2.05, 4.69) is 6.58 Å².